The Kier molecular flexibility index (Phi) is 4.95. The van der Waals surface area contributed by atoms with Crippen LogP contribution in [-0.4, -0.2) is 12.9 Å². The van der Waals surface area contributed by atoms with E-state index in [4.69, 9.17) is 4.74 Å². The molecule has 2 heteroatoms. The third-order valence-corrected chi connectivity index (χ3v) is 2.82. The van der Waals surface area contributed by atoms with Crippen LogP contribution in [0.2, 0.25) is 0 Å². The molecule has 0 saturated heterocycles. The van der Waals surface area contributed by atoms with E-state index in [1.54, 1.807) is 0 Å². The van der Waals surface area contributed by atoms with Gasteiger partial charge in [-0.25, -0.2) is 0 Å². The number of ether oxygens (including phenoxy) is 1. The van der Waals surface area contributed by atoms with Crippen LogP contribution in [0.5, 0.6) is 5.75 Å². The first-order chi connectivity index (χ1) is 8.08. The largest absolute Gasteiger partial charge is 0.489 e. The van der Waals surface area contributed by atoms with E-state index < -0.39 is 0 Å². The zero-order valence-electron chi connectivity index (χ0n) is 10.8. The Morgan fingerprint density at radius 2 is 2.24 bits per heavy atom. The molecule has 0 aliphatic rings. The van der Waals surface area contributed by atoms with Gasteiger partial charge in [-0.15, -0.1) is 0 Å². The highest BCUT2D eigenvalue weighted by molar-refractivity contribution is 5.79. The summed E-state index contributed by atoms with van der Waals surface area (Å²) in [4.78, 5) is 11.0. The molecule has 0 radical (unpaired) electrons. The number of aldehydes is 1. The lowest BCUT2D eigenvalue weighted by Gasteiger charge is -2.13. The van der Waals surface area contributed by atoms with Gasteiger partial charge in [0.2, 0.25) is 0 Å². The summed E-state index contributed by atoms with van der Waals surface area (Å²) in [6.45, 7) is 10.4. The van der Waals surface area contributed by atoms with Crippen LogP contribution in [0.4, 0.5) is 0 Å². The first kappa shape index (κ1) is 13.5. The zero-order chi connectivity index (χ0) is 12.8. The fourth-order valence-electron chi connectivity index (χ4n) is 1.53. The Balaban J connectivity index is 2.93. The van der Waals surface area contributed by atoms with E-state index >= 15 is 0 Å². The average Bonchev–Trinajstić information content (AvgIpc) is 2.34. The van der Waals surface area contributed by atoms with Crippen molar-refractivity contribution in [3.63, 3.8) is 0 Å². The standard InChI is InChI=1S/C15H20O2/c1-5-12(4)13-6-7-15(14(8-13)9-16)17-10-11(2)3/h6-9,12H,2,5,10H2,1,3-4H3. The smallest absolute Gasteiger partial charge is 0.153 e. The summed E-state index contributed by atoms with van der Waals surface area (Å²) in [5.74, 6) is 1.10. The molecule has 92 valence electrons. The van der Waals surface area contributed by atoms with Gasteiger partial charge < -0.3 is 4.74 Å². The fourth-order valence-corrected chi connectivity index (χ4v) is 1.53. The van der Waals surface area contributed by atoms with Gasteiger partial charge in [-0.05, 0) is 42.5 Å². The second kappa shape index (κ2) is 6.24. The van der Waals surface area contributed by atoms with Crippen molar-refractivity contribution in [2.24, 2.45) is 0 Å². The van der Waals surface area contributed by atoms with E-state index in [0.29, 0.717) is 23.8 Å². The van der Waals surface area contributed by atoms with Crippen LogP contribution in [0.25, 0.3) is 0 Å². The van der Waals surface area contributed by atoms with Gasteiger partial charge in [-0.2, -0.15) is 0 Å². The fraction of sp³-hybridized carbons (Fsp3) is 0.400. The summed E-state index contributed by atoms with van der Waals surface area (Å²) >= 11 is 0. The first-order valence-electron chi connectivity index (χ1n) is 5.94. The number of hydrogen-bond donors (Lipinski definition) is 0. The van der Waals surface area contributed by atoms with Crippen molar-refractivity contribution in [2.45, 2.75) is 33.1 Å². The molecule has 1 aromatic carbocycles. The van der Waals surface area contributed by atoms with Gasteiger partial charge in [0.15, 0.2) is 6.29 Å². The van der Waals surface area contributed by atoms with Crippen LogP contribution in [0.1, 0.15) is 49.0 Å². The van der Waals surface area contributed by atoms with Gasteiger partial charge in [-0.3, -0.25) is 4.79 Å². The van der Waals surface area contributed by atoms with Crippen molar-refractivity contribution in [3.05, 3.63) is 41.5 Å². The average molecular weight is 232 g/mol. The highest BCUT2D eigenvalue weighted by Gasteiger charge is 2.08. The predicted octanol–water partition coefficient (Wildman–Crippen LogP) is 3.97. The molecular formula is C15H20O2. The normalized spacial score (nSPS) is 11.9. The van der Waals surface area contributed by atoms with Crippen LogP contribution in [-0.2, 0) is 0 Å². The minimum absolute atomic E-state index is 0.448. The molecule has 0 aromatic heterocycles. The molecular weight excluding hydrogens is 212 g/mol. The number of carbonyl (C=O) groups excluding carboxylic acids is 1. The molecule has 1 unspecified atom stereocenters. The quantitative estimate of drug-likeness (QED) is 0.548. The Labute approximate surface area is 103 Å². The van der Waals surface area contributed by atoms with Crippen molar-refractivity contribution in [1.29, 1.82) is 0 Å². The SMILES string of the molecule is C=C(C)COc1ccc(C(C)CC)cc1C=O. The monoisotopic (exact) mass is 232 g/mol. The number of rotatable bonds is 6. The molecule has 1 atom stereocenters. The molecule has 0 fully saturated rings. The molecule has 0 aliphatic heterocycles. The molecule has 17 heavy (non-hydrogen) atoms. The molecule has 2 nitrogen and oxygen atoms in total. The van der Waals surface area contributed by atoms with Gasteiger partial charge in [0, 0.05) is 0 Å². The summed E-state index contributed by atoms with van der Waals surface area (Å²) in [6, 6.07) is 5.80. The summed E-state index contributed by atoms with van der Waals surface area (Å²) in [5, 5.41) is 0. The number of hydrogen-bond acceptors (Lipinski definition) is 2. The topological polar surface area (TPSA) is 26.3 Å². The number of benzene rings is 1. The lowest BCUT2D eigenvalue weighted by atomic mass is 9.97. The predicted molar refractivity (Wildman–Crippen MR) is 70.8 cm³/mol. The maximum atomic E-state index is 11.0. The van der Waals surface area contributed by atoms with Gasteiger partial charge in [0.1, 0.15) is 12.4 Å². The van der Waals surface area contributed by atoms with Crippen LogP contribution in [0, 0.1) is 0 Å². The molecule has 0 spiro atoms. The van der Waals surface area contributed by atoms with Crippen LogP contribution in [0.3, 0.4) is 0 Å². The third-order valence-electron chi connectivity index (χ3n) is 2.82. The zero-order valence-corrected chi connectivity index (χ0v) is 10.8. The Morgan fingerprint density at radius 3 is 2.76 bits per heavy atom. The van der Waals surface area contributed by atoms with Gasteiger partial charge >= 0.3 is 0 Å². The summed E-state index contributed by atoms with van der Waals surface area (Å²) in [5.41, 5.74) is 2.73. The van der Waals surface area contributed by atoms with Crippen molar-refractivity contribution in [1.82, 2.24) is 0 Å². The molecule has 1 aromatic rings. The van der Waals surface area contributed by atoms with E-state index in [0.717, 1.165) is 18.3 Å². The second-order valence-corrected chi connectivity index (χ2v) is 4.47. The van der Waals surface area contributed by atoms with E-state index in [2.05, 4.69) is 20.4 Å². The molecule has 0 bridgehead atoms. The number of carbonyl (C=O) groups is 1. The van der Waals surface area contributed by atoms with Gasteiger partial charge in [0.05, 0.1) is 5.56 Å². The van der Waals surface area contributed by atoms with Crippen molar-refractivity contribution >= 4 is 6.29 Å². The molecule has 0 amide bonds. The molecule has 0 saturated carbocycles. The van der Waals surface area contributed by atoms with Gasteiger partial charge in [0.25, 0.3) is 0 Å². The summed E-state index contributed by atoms with van der Waals surface area (Å²) < 4.78 is 5.53. The maximum Gasteiger partial charge on any atom is 0.153 e. The van der Waals surface area contributed by atoms with Crippen LogP contribution in [0.15, 0.2) is 30.4 Å². The summed E-state index contributed by atoms with van der Waals surface area (Å²) in [7, 11) is 0. The minimum atomic E-state index is 0.448. The van der Waals surface area contributed by atoms with Crippen LogP contribution < -0.4 is 4.74 Å². The Hall–Kier alpha value is -1.57. The maximum absolute atomic E-state index is 11.0. The third kappa shape index (κ3) is 3.74. The molecule has 0 heterocycles. The molecule has 0 N–H and O–H groups in total. The van der Waals surface area contributed by atoms with E-state index in [9.17, 15) is 4.79 Å². The van der Waals surface area contributed by atoms with E-state index in [1.807, 2.05) is 25.1 Å². The van der Waals surface area contributed by atoms with E-state index in [1.165, 1.54) is 5.56 Å². The van der Waals surface area contributed by atoms with Crippen molar-refractivity contribution in [3.8, 4) is 5.75 Å². The second-order valence-electron chi connectivity index (χ2n) is 4.47. The Morgan fingerprint density at radius 1 is 1.53 bits per heavy atom. The lowest BCUT2D eigenvalue weighted by molar-refractivity contribution is 0.112. The lowest BCUT2D eigenvalue weighted by Crippen LogP contribution is -2.02. The van der Waals surface area contributed by atoms with Gasteiger partial charge in [-0.1, -0.05) is 26.5 Å². The molecule has 0 aliphatic carbocycles. The highest BCUT2D eigenvalue weighted by Crippen LogP contribution is 2.25. The highest BCUT2D eigenvalue weighted by atomic mass is 16.5. The van der Waals surface area contributed by atoms with E-state index in [-0.39, 0.29) is 0 Å². The molecule has 1 rings (SSSR count). The van der Waals surface area contributed by atoms with Crippen molar-refractivity contribution in [2.75, 3.05) is 6.61 Å². The minimum Gasteiger partial charge on any atom is -0.489 e. The van der Waals surface area contributed by atoms with Crippen LogP contribution >= 0.6 is 0 Å². The summed E-state index contributed by atoms with van der Waals surface area (Å²) in [6.07, 6.45) is 1.91. The first-order valence-corrected chi connectivity index (χ1v) is 5.94. The Bertz CT molecular complexity index is 407. The van der Waals surface area contributed by atoms with Crippen molar-refractivity contribution < 1.29 is 9.53 Å².